The first-order chi connectivity index (χ1) is 26.8. The molecular weight excluding hydrogens is 677 g/mol. The number of rotatable bonds is 6. The zero-order valence-corrected chi connectivity index (χ0v) is 30.0. The van der Waals surface area contributed by atoms with E-state index in [1.165, 1.54) is 59.1 Å². The summed E-state index contributed by atoms with van der Waals surface area (Å²) in [5.74, 6) is 0. The van der Waals surface area contributed by atoms with Gasteiger partial charge in [0.2, 0.25) is 0 Å². The Labute approximate surface area is 316 Å². The van der Waals surface area contributed by atoms with Crippen molar-refractivity contribution in [3.05, 3.63) is 194 Å². The van der Waals surface area contributed by atoms with Crippen LogP contribution in [-0.4, -0.2) is 4.57 Å². The second-order valence-corrected chi connectivity index (χ2v) is 14.7. The minimum Gasteiger partial charge on any atom is -0.454 e. The van der Waals surface area contributed by atoms with E-state index in [9.17, 15) is 0 Å². The molecule has 0 bridgehead atoms. The summed E-state index contributed by atoms with van der Waals surface area (Å²) < 4.78 is 11.6. The second kappa shape index (κ2) is 12.4. The molecule has 4 heteroatoms. The number of nitrogens with zero attached hydrogens (tertiary/aromatic N) is 2. The summed E-state index contributed by atoms with van der Waals surface area (Å²) in [7, 11) is 0. The maximum atomic E-state index is 6.59. The van der Waals surface area contributed by atoms with Crippen molar-refractivity contribution in [2.45, 2.75) is 0 Å². The van der Waals surface area contributed by atoms with Gasteiger partial charge in [-0.25, -0.2) is 0 Å². The van der Waals surface area contributed by atoms with Gasteiger partial charge in [-0.05, 0) is 76.9 Å². The molecule has 0 unspecified atom stereocenters. The van der Waals surface area contributed by atoms with Gasteiger partial charge < -0.3 is 13.9 Å². The van der Waals surface area contributed by atoms with Crippen LogP contribution in [0.1, 0.15) is 0 Å². The van der Waals surface area contributed by atoms with E-state index in [4.69, 9.17) is 4.42 Å². The number of anilines is 3. The van der Waals surface area contributed by atoms with Crippen LogP contribution in [0, 0.1) is 0 Å². The summed E-state index contributed by atoms with van der Waals surface area (Å²) in [6.45, 7) is 0. The SMILES string of the molecule is c1ccc(-c2ccc(N(c3ccc(-c4cccc5c4sc4c6ccccc6n(-c6ccccc6)c54)cc3)c3cccc4c3oc3ccccc34)cc2)cc1. The molecule has 0 N–H and O–H groups in total. The third kappa shape index (κ3) is 4.81. The zero-order chi connectivity index (χ0) is 35.6. The molecule has 3 aromatic heterocycles. The van der Waals surface area contributed by atoms with E-state index >= 15 is 0 Å². The lowest BCUT2D eigenvalue weighted by atomic mass is 10.0. The van der Waals surface area contributed by atoms with Crippen LogP contribution in [0.3, 0.4) is 0 Å². The van der Waals surface area contributed by atoms with Gasteiger partial charge in [0.25, 0.3) is 0 Å². The summed E-state index contributed by atoms with van der Waals surface area (Å²) in [5, 5.41) is 4.78. The Bertz CT molecular complexity index is 3140. The third-order valence-electron chi connectivity index (χ3n) is 10.6. The van der Waals surface area contributed by atoms with E-state index in [1.54, 1.807) is 0 Å². The zero-order valence-electron chi connectivity index (χ0n) is 29.2. The van der Waals surface area contributed by atoms with Crippen molar-refractivity contribution in [2.24, 2.45) is 0 Å². The first kappa shape index (κ1) is 30.7. The maximum absolute atomic E-state index is 6.59. The van der Waals surface area contributed by atoms with E-state index in [1.807, 2.05) is 23.5 Å². The standard InChI is InChI=1S/C50H32N2OS/c1-3-13-33(14-4-1)34-25-29-37(30-26-34)51(45-23-12-20-41-40-17-8-10-24-46(40)53-48(41)45)38-31-27-35(28-32-38)39-19-11-21-43-47-50(54-49(39)43)42-18-7-9-22-44(42)52(47)36-15-5-2-6-16-36/h1-32H. The summed E-state index contributed by atoms with van der Waals surface area (Å²) in [5.41, 5.74) is 13.4. The van der Waals surface area contributed by atoms with Gasteiger partial charge in [-0.15, -0.1) is 11.3 Å². The summed E-state index contributed by atoms with van der Waals surface area (Å²) in [6.07, 6.45) is 0. The van der Waals surface area contributed by atoms with Gasteiger partial charge in [-0.2, -0.15) is 0 Å². The molecule has 0 saturated carbocycles. The van der Waals surface area contributed by atoms with Crippen molar-refractivity contribution < 1.29 is 4.42 Å². The quantitative estimate of drug-likeness (QED) is 0.171. The molecule has 0 aliphatic rings. The van der Waals surface area contributed by atoms with Gasteiger partial charge in [0.1, 0.15) is 5.58 Å². The third-order valence-corrected chi connectivity index (χ3v) is 11.9. The van der Waals surface area contributed by atoms with E-state index < -0.39 is 0 Å². The van der Waals surface area contributed by atoms with Gasteiger partial charge in [-0.3, -0.25) is 0 Å². The highest BCUT2D eigenvalue weighted by Crippen LogP contribution is 2.47. The molecule has 0 fully saturated rings. The van der Waals surface area contributed by atoms with Crippen LogP contribution in [0.25, 0.3) is 81.1 Å². The number of thiophene rings is 1. The predicted molar refractivity (Wildman–Crippen MR) is 229 cm³/mol. The molecule has 54 heavy (non-hydrogen) atoms. The van der Waals surface area contributed by atoms with Gasteiger partial charge in [-0.1, -0.05) is 140 Å². The Morgan fingerprint density at radius 1 is 0.426 bits per heavy atom. The second-order valence-electron chi connectivity index (χ2n) is 13.7. The number of para-hydroxylation sites is 4. The van der Waals surface area contributed by atoms with Crippen LogP contribution in [0.5, 0.6) is 0 Å². The van der Waals surface area contributed by atoms with Crippen LogP contribution in [0.2, 0.25) is 0 Å². The van der Waals surface area contributed by atoms with Crippen molar-refractivity contribution in [3.63, 3.8) is 0 Å². The number of fused-ring (bicyclic) bond motifs is 8. The Morgan fingerprint density at radius 2 is 1.02 bits per heavy atom. The van der Waals surface area contributed by atoms with E-state index in [2.05, 4.69) is 191 Å². The first-order valence-electron chi connectivity index (χ1n) is 18.3. The van der Waals surface area contributed by atoms with E-state index in [0.717, 1.165) is 39.0 Å². The van der Waals surface area contributed by atoms with Crippen LogP contribution in [0.15, 0.2) is 199 Å². The number of furan rings is 1. The average molecular weight is 709 g/mol. The molecule has 3 heterocycles. The molecule has 254 valence electrons. The lowest BCUT2D eigenvalue weighted by Crippen LogP contribution is -2.10. The van der Waals surface area contributed by atoms with Gasteiger partial charge >= 0.3 is 0 Å². The summed E-state index contributed by atoms with van der Waals surface area (Å²) in [4.78, 5) is 2.32. The van der Waals surface area contributed by atoms with E-state index in [0.29, 0.717) is 0 Å². The summed E-state index contributed by atoms with van der Waals surface area (Å²) in [6, 6.07) is 69.3. The van der Waals surface area contributed by atoms with Crippen LogP contribution >= 0.6 is 11.3 Å². The fourth-order valence-corrected chi connectivity index (χ4v) is 9.48. The van der Waals surface area contributed by atoms with Crippen LogP contribution in [0.4, 0.5) is 17.1 Å². The van der Waals surface area contributed by atoms with Crippen molar-refractivity contribution in [1.29, 1.82) is 0 Å². The molecule has 0 atom stereocenters. The highest BCUT2D eigenvalue weighted by molar-refractivity contribution is 7.27. The minimum absolute atomic E-state index is 0.871. The fourth-order valence-electron chi connectivity index (χ4n) is 8.12. The number of aromatic nitrogens is 1. The Balaban J connectivity index is 1.06. The molecule has 11 rings (SSSR count). The van der Waals surface area contributed by atoms with Gasteiger partial charge in [0, 0.05) is 43.3 Å². The normalized spacial score (nSPS) is 11.7. The topological polar surface area (TPSA) is 21.3 Å². The first-order valence-corrected chi connectivity index (χ1v) is 19.1. The van der Waals surface area contributed by atoms with Crippen LogP contribution in [-0.2, 0) is 0 Å². The highest BCUT2D eigenvalue weighted by atomic mass is 32.1. The largest absolute Gasteiger partial charge is 0.454 e. The Kier molecular flexibility index (Phi) is 7.04. The molecule has 11 aromatic rings. The van der Waals surface area contributed by atoms with Crippen molar-refractivity contribution in [2.75, 3.05) is 4.90 Å². The van der Waals surface area contributed by atoms with E-state index in [-0.39, 0.29) is 0 Å². The Hall–Kier alpha value is -6.88. The smallest absolute Gasteiger partial charge is 0.159 e. The Morgan fingerprint density at radius 3 is 1.80 bits per heavy atom. The fraction of sp³-hybridized carbons (Fsp3) is 0. The predicted octanol–water partition coefficient (Wildman–Crippen LogP) is 14.7. The van der Waals surface area contributed by atoms with Gasteiger partial charge in [0.15, 0.2) is 5.58 Å². The van der Waals surface area contributed by atoms with Gasteiger partial charge in [0.05, 0.1) is 21.4 Å². The molecule has 3 nitrogen and oxygen atoms in total. The monoisotopic (exact) mass is 708 g/mol. The number of hydrogen-bond acceptors (Lipinski definition) is 3. The summed E-state index contributed by atoms with van der Waals surface area (Å²) >= 11 is 1.89. The number of hydrogen-bond donors (Lipinski definition) is 0. The molecule has 8 aromatic carbocycles. The molecule has 0 spiro atoms. The molecule has 0 aliphatic heterocycles. The molecular formula is C50H32N2OS. The maximum Gasteiger partial charge on any atom is 0.159 e. The average Bonchev–Trinajstić information content (AvgIpc) is 3.92. The lowest BCUT2D eigenvalue weighted by molar-refractivity contribution is 0.669. The van der Waals surface area contributed by atoms with Crippen molar-refractivity contribution in [1.82, 2.24) is 4.57 Å². The lowest BCUT2D eigenvalue weighted by Gasteiger charge is -2.26. The molecule has 0 aliphatic carbocycles. The minimum atomic E-state index is 0.871. The molecule has 0 saturated heterocycles. The molecule has 0 amide bonds. The van der Waals surface area contributed by atoms with Crippen molar-refractivity contribution in [3.8, 4) is 27.9 Å². The molecule has 0 radical (unpaired) electrons. The van der Waals surface area contributed by atoms with Crippen molar-refractivity contribution >= 4 is 81.5 Å². The van der Waals surface area contributed by atoms with Crippen LogP contribution < -0.4 is 4.90 Å². The number of benzene rings is 8. The highest BCUT2D eigenvalue weighted by Gasteiger charge is 2.22.